The highest BCUT2D eigenvalue weighted by molar-refractivity contribution is 5.82. The summed E-state index contributed by atoms with van der Waals surface area (Å²) in [7, 11) is 1.76. The Balaban J connectivity index is 2.63. The van der Waals surface area contributed by atoms with Crippen LogP contribution in [0, 0.1) is 6.92 Å². The first-order valence-electron chi connectivity index (χ1n) is 4.89. The Hall–Kier alpha value is -1.98. The molecule has 0 amide bonds. The summed E-state index contributed by atoms with van der Waals surface area (Å²) in [6.45, 7) is 1.75. The van der Waals surface area contributed by atoms with Crippen LogP contribution in [0.3, 0.4) is 0 Å². The summed E-state index contributed by atoms with van der Waals surface area (Å²) in [5, 5.41) is 8.45. The van der Waals surface area contributed by atoms with Crippen LogP contribution >= 0.6 is 0 Å². The average Bonchev–Trinajstić information content (AvgIpc) is 2.54. The van der Waals surface area contributed by atoms with Gasteiger partial charge in [-0.05, 0) is 19.1 Å². The summed E-state index contributed by atoms with van der Waals surface area (Å²) in [5.74, 6) is -5.38. The van der Waals surface area contributed by atoms with Gasteiger partial charge in [0, 0.05) is 12.6 Å². The smallest absolute Gasteiger partial charge is 0.379 e. The molecule has 6 heteroatoms. The first-order valence-corrected chi connectivity index (χ1v) is 4.89. The summed E-state index contributed by atoms with van der Waals surface area (Å²) in [4.78, 5) is 14.5. The van der Waals surface area contributed by atoms with Crippen LogP contribution in [0.1, 0.15) is 11.4 Å². The van der Waals surface area contributed by atoms with Gasteiger partial charge in [0.1, 0.15) is 5.82 Å². The number of carbonyl (C=O) groups is 1. The van der Waals surface area contributed by atoms with E-state index in [4.69, 9.17) is 5.11 Å². The standard InChI is InChI=1S/C11H10F2N2O2/c1-6-14-8-5-7(11(12,13)10(16)17)3-4-9(8)15(6)2/h3-5H,1-2H3,(H,16,17). The van der Waals surface area contributed by atoms with Crippen molar-refractivity contribution in [2.75, 3.05) is 0 Å². The highest BCUT2D eigenvalue weighted by Crippen LogP contribution is 2.30. The molecule has 0 aliphatic heterocycles. The van der Waals surface area contributed by atoms with Crippen molar-refractivity contribution >= 4 is 17.0 Å². The molecule has 2 aromatic rings. The number of hydrogen-bond donors (Lipinski definition) is 1. The molecule has 1 heterocycles. The van der Waals surface area contributed by atoms with Crippen molar-refractivity contribution in [1.29, 1.82) is 0 Å². The van der Waals surface area contributed by atoms with Gasteiger partial charge in [-0.25, -0.2) is 9.78 Å². The molecule has 4 nitrogen and oxygen atoms in total. The van der Waals surface area contributed by atoms with E-state index in [0.717, 1.165) is 12.1 Å². The predicted octanol–water partition coefficient (Wildman–Crippen LogP) is 2.06. The van der Waals surface area contributed by atoms with Crippen molar-refractivity contribution in [2.45, 2.75) is 12.8 Å². The number of halogens is 2. The van der Waals surface area contributed by atoms with Gasteiger partial charge in [-0.2, -0.15) is 8.78 Å². The van der Waals surface area contributed by atoms with Gasteiger partial charge in [-0.1, -0.05) is 6.07 Å². The first kappa shape index (κ1) is 11.5. The Morgan fingerprint density at radius 1 is 1.47 bits per heavy atom. The summed E-state index contributed by atoms with van der Waals surface area (Å²) in [6, 6.07) is 3.66. The zero-order valence-electron chi connectivity index (χ0n) is 9.24. The normalized spacial score (nSPS) is 12.0. The third-order valence-corrected chi connectivity index (χ3v) is 2.74. The molecule has 0 saturated carbocycles. The molecule has 17 heavy (non-hydrogen) atoms. The van der Waals surface area contributed by atoms with Crippen molar-refractivity contribution in [3.63, 3.8) is 0 Å². The minimum Gasteiger partial charge on any atom is -0.477 e. The number of carboxylic acids is 1. The van der Waals surface area contributed by atoms with E-state index >= 15 is 0 Å². The number of alkyl halides is 2. The number of rotatable bonds is 2. The molecular weight excluding hydrogens is 230 g/mol. The van der Waals surface area contributed by atoms with Gasteiger partial charge in [0.25, 0.3) is 0 Å². The fourth-order valence-electron chi connectivity index (χ4n) is 1.64. The molecule has 0 aliphatic carbocycles. The molecular formula is C11H10F2N2O2. The van der Waals surface area contributed by atoms with Gasteiger partial charge in [-0.3, -0.25) is 0 Å². The molecule has 90 valence electrons. The van der Waals surface area contributed by atoms with Crippen molar-refractivity contribution in [3.05, 3.63) is 29.6 Å². The van der Waals surface area contributed by atoms with Crippen LogP contribution in [0.15, 0.2) is 18.2 Å². The second-order valence-corrected chi connectivity index (χ2v) is 3.80. The first-order chi connectivity index (χ1) is 7.84. The Bertz CT molecular complexity index is 605. The molecule has 2 rings (SSSR count). The summed E-state index contributed by atoms with van der Waals surface area (Å²) in [6.07, 6.45) is 0. The van der Waals surface area contributed by atoms with Crippen LogP contribution in [0.2, 0.25) is 0 Å². The van der Waals surface area contributed by atoms with Crippen LogP contribution in [-0.4, -0.2) is 20.6 Å². The number of fused-ring (bicyclic) bond motifs is 1. The maximum Gasteiger partial charge on any atom is 0.379 e. The maximum atomic E-state index is 13.3. The highest BCUT2D eigenvalue weighted by atomic mass is 19.3. The van der Waals surface area contributed by atoms with Crippen molar-refractivity contribution in [3.8, 4) is 0 Å². The largest absolute Gasteiger partial charge is 0.477 e. The second-order valence-electron chi connectivity index (χ2n) is 3.80. The SMILES string of the molecule is Cc1nc2cc(C(F)(F)C(=O)O)ccc2n1C. The van der Waals surface area contributed by atoms with E-state index in [1.807, 2.05) is 0 Å². The van der Waals surface area contributed by atoms with Crippen LogP contribution < -0.4 is 0 Å². The van der Waals surface area contributed by atoms with E-state index < -0.39 is 17.5 Å². The van der Waals surface area contributed by atoms with E-state index in [9.17, 15) is 13.6 Å². The third kappa shape index (κ3) is 1.65. The predicted molar refractivity (Wildman–Crippen MR) is 57.0 cm³/mol. The number of imidazole rings is 1. The lowest BCUT2D eigenvalue weighted by Crippen LogP contribution is -2.25. The van der Waals surface area contributed by atoms with E-state index in [1.54, 1.807) is 18.5 Å². The fourth-order valence-corrected chi connectivity index (χ4v) is 1.64. The lowest BCUT2D eigenvalue weighted by molar-refractivity contribution is -0.166. The molecule has 0 saturated heterocycles. The van der Waals surface area contributed by atoms with Gasteiger partial charge in [0.2, 0.25) is 0 Å². The van der Waals surface area contributed by atoms with Gasteiger partial charge >= 0.3 is 11.9 Å². The average molecular weight is 240 g/mol. The number of carboxylic acid groups (broad SMARTS) is 1. The molecule has 0 fully saturated rings. The van der Waals surface area contributed by atoms with Crippen LogP contribution in [0.4, 0.5) is 8.78 Å². The molecule has 0 bridgehead atoms. The Kier molecular flexibility index (Phi) is 2.38. The summed E-state index contributed by atoms with van der Waals surface area (Å²) in [5.41, 5.74) is 0.492. The fraction of sp³-hybridized carbons (Fsp3) is 0.273. The molecule has 0 atom stereocenters. The van der Waals surface area contributed by atoms with Crippen molar-refractivity contribution < 1.29 is 18.7 Å². The van der Waals surface area contributed by atoms with Crippen LogP contribution in [-0.2, 0) is 17.8 Å². The number of aryl methyl sites for hydroxylation is 2. The van der Waals surface area contributed by atoms with E-state index in [2.05, 4.69) is 4.98 Å². The Labute approximate surface area is 95.5 Å². The van der Waals surface area contributed by atoms with E-state index in [-0.39, 0.29) is 0 Å². The lowest BCUT2D eigenvalue weighted by Gasteiger charge is -2.10. The maximum absolute atomic E-state index is 13.3. The Morgan fingerprint density at radius 2 is 2.12 bits per heavy atom. The third-order valence-electron chi connectivity index (χ3n) is 2.74. The molecule has 1 aromatic carbocycles. The topological polar surface area (TPSA) is 55.1 Å². The molecule has 1 N–H and O–H groups in total. The van der Waals surface area contributed by atoms with E-state index in [0.29, 0.717) is 16.9 Å². The highest BCUT2D eigenvalue weighted by Gasteiger charge is 2.41. The summed E-state index contributed by atoms with van der Waals surface area (Å²) >= 11 is 0. The van der Waals surface area contributed by atoms with Gasteiger partial charge in [-0.15, -0.1) is 0 Å². The van der Waals surface area contributed by atoms with E-state index in [1.165, 1.54) is 6.07 Å². The zero-order valence-corrected chi connectivity index (χ0v) is 9.24. The van der Waals surface area contributed by atoms with Gasteiger partial charge in [0.15, 0.2) is 0 Å². The monoisotopic (exact) mass is 240 g/mol. The molecule has 1 aromatic heterocycles. The Morgan fingerprint density at radius 3 is 2.71 bits per heavy atom. The minimum absolute atomic E-state index is 0.364. The number of aliphatic carboxylic acids is 1. The number of benzene rings is 1. The molecule has 0 unspecified atom stereocenters. The molecule has 0 aliphatic rings. The van der Waals surface area contributed by atoms with Crippen molar-refractivity contribution in [2.24, 2.45) is 7.05 Å². The zero-order chi connectivity index (χ0) is 12.8. The molecule has 0 radical (unpaired) electrons. The van der Waals surface area contributed by atoms with Crippen LogP contribution in [0.25, 0.3) is 11.0 Å². The quantitative estimate of drug-likeness (QED) is 0.874. The number of nitrogens with zero attached hydrogens (tertiary/aromatic N) is 2. The van der Waals surface area contributed by atoms with Crippen LogP contribution in [0.5, 0.6) is 0 Å². The van der Waals surface area contributed by atoms with Crippen molar-refractivity contribution in [1.82, 2.24) is 9.55 Å². The van der Waals surface area contributed by atoms with Gasteiger partial charge in [0.05, 0.1) is 11.0 Å². The molecule has 0 spiro atoms. The minimum atomic E-state index is -3.89. The van der Waals surface area contributed by atoms with Gasteiger partial charge < -0.3 is 9.67 Å². The number of aromatic nitrogens is 2. The second kappa shape index (κ2) is 3.51. The number of hydrogen-bond acceptors (Lipinski definition) is 2. The lowest BCUT2D eigenvalue weighted by atomic mass is 10.1. The summed E-state index contributed by atoms with van der Waals surface area (Å²) < 4.78 is 28.3.